The molecule has 1 unspecified atom stereocenters. The average molecular weight is 249 g/mol. The van der Waals surface area contributed by atoms with Crippen molar-refractivity contribution in [2.24, 2.45) is 5.92 Å². The first-order valence-electron chi connectivity index (χ1n) is 6.89. The molecule has 0 fully saturated rings. The molecular weight excluding hydrogens is 222 g/mol. The van der Waals surface area contributed by atoms with Gasteiger partial charge in [0.2, 0.25) is 0 Å². The summed E-state index contributed by atoms with van der Waals surface area (Å²) in [6.07, 6.45) is 4.91. The SMILES string of the molecule is CC(C)CNCCC(C)N(C)Cc1ccncc1. The van der Waals surface area contributed by atoms with Gasteiger partial charge in [-0.05, 0) is 57.1 Å². The molecule has 3 heteroatoms. The molecule has 0 bridgehead atoms. The van der Waals surface area contributed by atoms with Gasteiger partial charge in [-0.1, -0.05) is 13.8 Å². The third kappa shape index (κ3) is 6.12. The topological polar surface area (TPSA) is 28.2 Å². The van der Waals surface area contributed by atoms with Crippen LogP contribution < -0.4 is 5.32 Å². The summed E-state index contributed by atoms with van der Waals surface area (Å²) in [6, 6.07) is 4.76. The van der Waals surface area contributed by atoms with Crippen LogP contribution in [-0.2, 0) is 6.54 Å². The lowest BCUT2D eigenvalue weighted by Gasteiger charge is -2.25. The van der Waals surface area contributed by atoms with E-state index in [4.69, 9.17) is 0 Å². The summed E-state index contributed by atoms with van der Waals surface area (Å²) in [6.45, 7) is 9.98. The third-order valence-electron chi connectivity index (χ3n) is 3.23. The van der Waals surface area contributed by atoms with Crippen molar-refractivity contribution in [1.29, 1.82) is 0 Å². The van der Waals surface area contributed by atoms with E-state index in [0.717, 1.165) is 25.6 Å². The number of nitrogens with one attached hydrogen (secondary N) is 1. The van der Waals surface area contributed by atoms with E-state index in [1.165, 1.54) is 12.0 Å². The van der Waals surface area contributed by atoms with Crippen molar-refractivity contribution in [3.8, 4) is 0 Å². The molecule has 0 radical (unpaired) electrons. The van der Waals surface area contributed by atoms with E-state index in [2.05, 4.69) is 55.2 Å². The van der Waals surface area contributed by atoms with E-state index in [1.54, 1.807) is 0 Å². The van der Waals surface area contributed by atoms with Crippen LogP contribution in [0.5, 0.6) is 0 Å². The second kappa shape index (κ2) is 8.22. The number of pyridine rings is 1. The molecular formula is C15H27N3. The molecule has 102 valence electrons. The zero-order chi connectivity index (χ0) is 13.4. The molecule has 1 N–H and O–H groups in total. The van der Waals surface area contributed by atoms with Crippen LogP contribution in [0.4, 0.5) is 0 Å². The van der Waals surface area contributed by atoms with Gasteiger partial charge in [0, 0.05) is 25.0 Å². The van der Waals surface area contributed by atoms with Gasteiger partial charge < -0.3 is 5.32 Å². The molecule has 1 aromatic heterocycles. The maximum Gasteiger partial charge on any atom is 0.0271 e. The fourth-order valence-electron chi connectivity index (χ4n) is 1.85. The lowest BCUT2D eigenvalue weighted by atomic mass is 10.1. The number of aromatic nitrogens is 1. The summed E-state index contributed by atoms with van der Waals surface area (Å²) in [5.41, 5.74) is 1.33. The molecule has 0 aliphatic rings. The van der Waals surface area contributed by atoms with Crippen LogP contribution in [0.3, 0.4) is 0 Å². The molecule has 1 heterocycles. The highest BCUT2D eigenvalue weighted by atomic mass is 15.1. The maximum absolute atomic E-state index is 4.05. The van der Waals surface area contributed by atoms with Crippen molar-refractivity contribution in [3.05, 3.63) is 30.1 Å². The summed E-state index contributed by atoms with van der Waals surface area (Å²) < 4.78 is 0. The lowest BCUT2D eigenvalue weighted by Crippen LogP contribution is -2.32. The van der Waals surface area contributed by atoms with Gasteiger partial charge in [0.25, 0.3) is 0 Å². The summed E-state index contributed by atoms with van der Waals surface area (Å²) in [7, 11) is 2.19. The van der Waals surface area contributed by atoms with Gasteiger partial charge in [-0.15, -0.1) is 0 Å². The highest BCUT2D eigenvalue weighted by Crippen LogP contribution is 2.07. The average Bonchev–Trinajstić information content (AvgIpc) is 2.35. The first-order valence-corrected chi connectivity index (χ1v) is 6.89. The van der Waals surface area contributed by atoms with Crippen molar-refractivity contribution in [1.82, 2.24) is 15.2 Å². The maximum atomic E-state index is 4.05. The van der Waals surface area contributed by atoms with Gasteiger partial charge >= 0.3 is 0 Å². The molecule has 0 amide bonds. The van der Waals surface area contributed by atoms with Crippen molar-refractivity contribution in [3.63, 3.8) is 0 Å². The summed E-state index contributed by atoms with van der Waals surface area (Å²) >= 11 is 0. The van der Waals surface area contributed by atoms with E-state index in [9.17, 15) is 0 Å². The Morgan fingerprint density at radius 1 is 1.22 bits per heavy atom. The standard InChI is InChI=1S/C15H27N3/c1-13(2)11-17-8-5-14(3)18(4)12-15-6-9-16-10-7-15/h6-7,9-10,13-14,17H,5,8,11-12H2,1-4H3. The van der Waals surface area contributed by atoms with E-state index < -0.39 is 0 Å². The summed E-state index contributed by atoms with van der Waals surface area (Å²) in [5, 5.41) is 3.50. The Bertz CT molecular complexity index is 311. The number of nitrogens with zero attached hydrogens (tertiary/aromatic N) is 2. The minimum absolute atomic E-state index is 0.595. The molecule has 0 aromatic carbocycles. The van der Waals surface area contributed by atoms with E-state index >= 15 is 0 Å². The van der Waals surface area contributed by atoms with Crippen LogP contribution in [-0.4, -0.2) is 36.1 Å². The highest BCUT2D eigenvalue weighted by Gasteiger charge is 2.09. The molecule has 1 aromatic rings. The van der Waals surface area contributed by atoms with Crippen LogP contribution in [0.2, 0.25) is 0 Å². The minimum atomic E-state index is 0.595. The molecule has 1 rings (SSSR count). The van der Waals surface area contributed by atoms with Crippen LogP contribution in [0, 0.1) is 5.92 Å². The zero-order valence-corrected chi connectivity index (χ0v) is 12.2. The Labute approximate surface area is 112 Å². The quantitative estimate of drug-likeness (QED) is 0.718. The zero-order valence-electron chi connectivity index (χ0n) is 12.2. The third-order valence-corrected chi connectivity index (χ3v) is 3.23. The molecule has 0 saturated carbocycles. The Hall–Kier alpha value is -0.930. The second-order valence-electron chi connectivity index (χ2n) is 5.51. The molecule has 0 aliphatic heterocycles. The lowest BCUT2D eigenvalue weighted by molar-refractivity contribution is 0.236. The van der Waals surface area contributed by atoms with Gasteiger partial charge in [0.1, 0.15) is 0 Å². The van der Waals surface area contributed by atoms with Gasteiger partial charge in [-0.25, -0.2) is 0 Å². The predicted molar refractivity (Wildman–Crippen MR) is 77.5 cm³/mol. The van der Waals surface area contributed by atoms with Gasteiger partial charge in [-0.2, -0.15) is 0 Å². The monoisotopic (exact) mass is 249 g/mol. The molecule has 1 atom stereocenters. The van der Waals surface area contributed by atoms with Gasteiger partial charge in [-0.3, -0.25) is 9.88 Å². The molecule has 0 saturated heterocycles. The number of rotatable bonds is 8. The van der Waals surface area contributed by atoms with Crippen LogP contribution in [0.25, 0.3) is 0 Å². The molecule has 0 aliphatic carbocycles. The Balaban J connectivity index is 2.22. The minimum Gasteiger partial charge on any atom is -0.316 e. The summed E-state index contributed by atoms with van der Waals surface area (Å²) in [4.78, 5) is 6.44. The number of hydrogen-bond acceptors (Lipinski definition) is 3. The van der Waals surface area contributed by atoms with Crippen molar-refractivity contribution in [2.75, 3.05) is 20.1 Å². The van der Waals surface area contributed by atoms with E-state index in [1.807, 2.05) is 12.4 Å². The van der Waals surface area contributed by atoms with Crippen molar-refractivity contribution >= 4 is 0 Å². The largest absolute Gasteiger partial charge is 0.316 e. The first-order chi connectivity index (χ1) is 8.59. The van der Waals surface area contributed by atoms with Crippen LogP contribution >= 0.6 is 0 Å². The number of hydrogen-bond donors (Lipinski definition) is 1. The first kappa shape index (κ1) is 15.1. The fourth-order valence-corrected chi connectivity index (χ4v) is 1.85. The van der Waals surface area contributed by atoms with E-state index in [-0.39, 0.29) is 0 Å². The normalized spacial score (nSPS) is 13.2. The predicted octanol–water partition coefficient (Wildman–Crippen LogP) is 2.54. The van der Waals surface area contributed by atoms with Crippen LogP contribution in [0.1, 0.15) is 32.8 Å². The molecule has 18 heavy (non-hydrogen) atoms. The van der Waals surface area contributed by atoms with Crippen molar-refractivity contribution < 1.29 is 0 Å². The Morgan fingerprint density at radius 2 is 1.89 bits per heavy atom. The second-order valence-corrected chi connectivity index (χ2v) is 5.51. The highest BCUT2D eigenvalue weighted by molar-refractivity contribution is 5.09. The molecule has 0 spiro atoms. The Kier molecular flexibility index (Phi) is 6.91. The van der Waals surface area contributed by atoms with Gasteiger partial charge in [0.05, 0.1) is 0 Å². The van der Waals surface area contributed by atoms with Crippen LogP contribution in [0.15, 0.2) is 24.5 Å². The van der Waals surface area contributed by atoms with E-state index in [0.29, 0.717) is 6.04 Å². The van der Waals surface area contributed by atoms with Gasteiger partial charge in [0.15, 0.2) is 0 Å². The summed E-state index contributed by atoms with van der Waals surface area (Å²) in [5.74, 6) is 0.731. The van der Waals surface area contributed by atoms with Crippen molar-refractivity contribution in [2.45, 2.75) is 39.8 Å². The smallest absolute Gasteiger partial charge is 0.0271 e. The Morgan fingerprint density at radius 3 is 2.50 bits per heavy atom. The fraction of sp³-hybridized carbons (Fsp3) is 0.667. The molecule has 3 nitrogen and oxygen atoms in total.